The molecule has 0 radical (unpaired) electrons. The summed E-state index contributed by atoms with van der Waals surface area (Å²) in [7, 11) is 3.26. The van der Waals surface area contributed by atoms with E-state index < -0.39 is 5.97 Å². The summed E-state index contributed by atoms with van der Waals surface area (Å²) in [6, 6.07) is 5.71. The van der Waals surface area contributed by atoms with E-state index in [9.17, 15) is 9.90 Å². The lowest BCUT2D eigenvalue weighted by molar-refractivity contribution is -0.142. The van der Waals surface area contributed by atoms with Gasteiger partial charge in [0.1, 0.15) is 27.4 Å². The van der Waals surface area contributed by atoms with E-state index in [2.05, 4.69) is 30.6 Å². The molecule has 9 heteroatoms. The smallest absolute Gasteiger partial charge is 0.306 e. The van der Waals surface area contributed by atoms with Crippen LogP contribution in [0.15, 0.2) is 35.2 Å². The fraction of sp³-hybridized carbons (Fsp3) is 0.409. The van der Waals surface area contributed by atoms with Crippen LogP contribution in [0.25, 0.3) is 5.52 Å². The van der Waals surface area contributed by atoms with E-state index in [1.807, 2.05) is 24.4 Å². The Morgan fingerprint density at radius 2 is 2.03 bits per heavy atom. The summed E-state index contributed by atoms with van der Waals surface area (Å²) in [5, 5.41) is 12.7. The highest BCUT2D eigenvalue weighted by atomic mass is 79.9. The Morgan fingerprint density at radius 1 is 1.26 bits per heavy atom. The van der Waals surface area contributed by atoms with Crippen LogP contribution >= 0.6 is 15.9 Å². The first-order valence-corrected chi connectivity index (χ1v) is 11.0. The molecule has 2 aromatic heterocycles. The SMILES string of the molecule is COc1ccc(CNc2nccn3c2c(Br)nc3[C@H]2CC[C@H](C(=O)O)CC2)c(OC)c1. The maximum atomic E-state index is 11.3. The Bertz CT molecular complexity index is 1090. The number of imidazole rings is 1. The number of anilines is 1. The number of ether oxygens (including phenoxy) is 2. The molecule has 1 aliphatic carbocycles. The van der Waals surface area contributed by atoms with Crippen LogP contribution in [0.1, 0.15) is 43.0 Å². The zero-order chi connectivity index (χ0) is 22.0. The molecule has 3 aromatic rings. The van der Waals surface area contributed by atoms with Crippen LogP contribution in [0.3, 0.4) is 0 Å². The molecule has 2 N–H and O–H groups in total. The molecule has 2 heterocycles. The molecule has 8 nitrogen and oxygen atoms in total. The summed E-state index contributed by atoms with van der Waals surface area (Å²) in [6.07, 6.45) is 6.65. The van der Waals surface area contributed by atoms with Crippen molar-refractivity contribution < 1.29 is 19.4 Å². The number of nitrogens with zero attached hydrogens (tertiary/aromatic N) is 3. The number of aliphatic carboxylic acids is 1. The van der Waals surface area contributed by atoms with Crippen LogP contribution < -0.4 is 14.8 Å². The van der Waals surface area contributed by atoms with Crippen molar-refractivity contribution in [1.29, 1.82) is 0 Å². The van der Waals surface area contributed by atoms with Gasteiger partial charge in [-0.25, -0.2) is 9.97 Å². The second-order valence-electron chi connectivity index (χ2n) is 7.67. The van der Waals surface area contributed by atoms with Crippen molar-refractivity contribution in [2.45, 2.75) is 38.1 Å². The first kappa shape index (κ1) is 21.4. The highest BCUT2D eigenvalue weighted by Crippen LogP contribution is 2.38. The maximum absolute atomic E-state index is 11.3. The molecule has 0 aliphatic heterocycles. The van der Waals surface area contributed by atoms with Crippen molar-refractivity contribution >= 4 is 33.2 Å². The molecule has 1 saturated carbocycles. The van der Waals surface area contributed by atoms with Crippen molar-refractivity contribution in [1.82, 2.24) is 14.4 Å². The number of fused-ring (bicyclic) bond motifs is 1. The van der Waals surface area contributed by atoms with E-state index in [0.29, 0.717) is 25.2 Å². The molecule has 1 aliphatic rings. The highest BCUT2D eigenvalue weighted by Gasteiger charge is 2.30. The number of hydrogen-bond donors (Lipinski definition) is 2. The molecule has 0 bridgehead atoms. The number of carboxylic acid groups (broad SMARTS) is 1. The van der Waals surface area contributed by atoms with Gasteiger partial charge < -0.3 is 19.9 Å². The Balaban J connectivity index is 1.57. The second kappa shape index (κ2) is 9.13. The Hall–Kier alpha value is -2.81. The minimum absolute atomic E-state index is 0.228. The average molecular weight is 489 g/mol. The lowest BCUT2D eigenvalue weighted by Gasteiger charge is -2.25. The Kier molecular flexibility index (Phi) is 6.31. The number of methoxy groups -OCH3 is 2. The third-order valence-corrected chi connectivity index (χ3v) is 6.47. The molecule has 4 rings (SSSR count). The molecular weight excluding hydrogens is 464 g/mol. The van der Waals surface area contributed by atoms with Gasteiger partial charge in [-0.1, -0.05) is 0 Å². The third kappa shape index (κ3) is 4.32. The van der Waals surface area contributed by atoms with Gasteiger partial charge in [-0.15, -0.1) is 0 Å². The molecule has 0 amide bonds. The zero-order valence-electron chi connectivity index (χ0n) is 17.5. The summed E-state index contributed by atoms with van der Waals surface area (Å²) in [4.78, 5) is 20.6. The van der Waals surface area contributed by atoms with E-state index in [0.717, 1.165) is 45.8 Å². The predicted octanol–water partition coefficient (Wildman–Crippen LogP) is 4.48. The first-order valence-electron chi connectivity index (χ1n) is 10.2. The van der Waals surface area contributed by atoms with Crippen LogP contribution in [0.2, 0.25) is 0 Å². The van der Waals surface area contributed by atoms with E-state index in [1.165, 1.54) is 0 Å². The van der Waals surface area contributed by atoms with Gasteiger partial charge in [0, 0.05) is 36.5 Å². The molecular formula is C22H25BrN4O4. The first-order chi connectivity index (χ1) is 15.0. The van der Waals surface area contributed by atoms with Gasteiger partial charge in [-0.05, 0) is 53.7 Å². The van der Waals surface area contributed by atoms with Crippen LogP contribution in [-0.2, 0) is 11.3 Å². The molecule has 1 fully saturated rings. The predicted molar refractivity (Wildman–Crippen MR) is 120 cm³/mol. The molecule has 31 heavy (non-hydrogen) atoms. The van der Waals surface area contributed by atoms with Crippen LogP contribution in [0.5, 0.6) is 11.5 Å². The highest BCUT2D eigenvalue weighted by molar-refractivity contribution is 9.10. The Morgan fingerprint density at radius 3 is 2.71 bits per heavy atom. The molecule has 0 spiro atoms. The summed E-state index contributed by atoms with van der Waals surface area (Å²) < 4.78 is 13.5. The Labute approximate surface area is 188 Å². The fourth-order valence-corrected chi connectivity index (χ4v) is 4.77. The van der Waals surface area contributed by atoms with E-state index in [4.69, 9.17) is 14.5 Å². The minimum atomic E-state index is -0.697. The number of carboxylic acids is 1. The van der Waals surface area contributed by atoms with Crippen molar-refractivity contribution in [2.24, 2.45) is 5.92 Å². The van der Waals surface area contributed by atoms with Crippen molar-refractivity contribution in [3.63, 3.8) is 0 Å². The monoisotopic (exact) mass is 488 g/mol. The number of halogens is 1. The molecule has 164 valence electrons. The average Bonchev–Trinajstić information content (AvgIpc) is 3.14. The largest absolute Gasteiger partial charge is 0.497 e. The fourth-order valence-electron chi connectivity index (χ4n) is 4.21. The standard InChI is InChI=1S/C22H25BrN4O4/c1-30-16-8-7-15(17(11-16)31-2)12-25-20-18-19(23)26-21(27(18)10-9-24-20)13-3-5-14(6-4-13)22(28)29/h7-11,13-14H,3-6,12H2,1-2H3,(H,24,25)(H,28,29)/t13-,14-. The topological polar surface area (TPSA) is 98.0 Å². The summed E-state index contributed by atoms with van der Waals surface area (Å²) in [5.41, 5.74) is 1.85. The maximum Gasteiger partial charge on any atom is 0.306 e. The number of carbonyl (C=O) groups is 1. The van der Waals surface area contributed by atoms with Crippen molar-refractivity contribution in [2.75, 3.05) is 19.5 Å². The molecule has 1 aromatic carbocycles. The number of nitrogens with one attached hydrogen (secondary N) is 1. The van der Waals surface area contributed by atoms with E-state index in [1.54, 1.807) is 20.4 Å². The van der Waals surface area contributed by atoms with Gasteiger partial charge in [-0.2, -0.15) is 0 Å². The van der Waals surface area contributed by atoms with E-state index >= 15 is 0 Å². The van der Waals surface area contributed by atoms with Crippen molar-refractivity contribution in [3.05, 3.63) is 46.6 Å². The summed E-state index contributed by atoms with van der Waals surface area (Å²) in [6.45, 7) is 0.524. The van der Waals surface area contributed by atoms with Crippen LogP contribution in [0.4, 0.5) is 5.82 Å². The molecule has 0 atom stereocenters. The van der Waals surface area contributed by atoms with Crippen LogP contribution in [-0.4, -0.2) is 39.7 Å². The van der Waals surface area contributed by atoms with Crippen molar-refractivity contribution in [3.8, 4) is 11.5 Å². The van der Waals surface area contributed by atoms with Gasteiger partial charge in [0.05, 0.1) is 20.1 Å². The third-order valence-electron chi connectivity index (χ3n) is 5.92. The summed E-state index contributed by atoms with van der Waals surface area (Å²) >= 11 is 3.60. The number of hydrogen-bond acceptors (Lipinski definition) is 6. The number of rotatable bonds is 7. The van der Waals surface area contributed by atoms with Gasteiger partial charge in [0.2, 0.25) is 0 Å². The normalized spacial score (nSPS) is 18.7. The lowest BCUT2D eigenvalue weighted by atomic mass is 9.81. The van der Waals surface area contributed by atoms with Crippen LogP contribution in [0, 0.1) is 5.92 Å². The lowest BCUT2D eigenvalue weighted by Crippen LogP contribution is -2.21. The number of aromatic nitrogens is 3. The summed E-state index contributed by atoms with van der Waals surface area (Å²) in [5.74, 6) is 2.42. The van der Waals surface area contributed by atoms with Gasteiger partial charge in [0.25, 0.3) is 0 Å². The van der Waals surface area contributed by atoms with Gasteiger partial charge in [0.15, 0.2) is 5.82 Å². The van der Waals surface area contributed by atoms with E-state index in [-0.39, 0.29) is 11.8 Å². The zero-order valence-corrected chi connectivity index (χ0v) is 19.1. The molecule has 0 saturated heterocycles. The minimum Gasteiger partial charge on any atom is -0.497 e. The van der Waals surface area contributed by atoms with Gasteiger partial charge >= 0.3 is 5.97 Å². The number of benzene rings is 1. The second-order valence-corrected chi connectivity index (χ2v) is 8.42. The molecule has 0 unspecified atom stereocenters. The quantitative estimate of drug-likeness (QED) is 0.505. The van der Waals surface area contributed by atoms with Gasteiger partial charge in [-0.3, -0.25) is 9.20 Å².